The molecule has 2 aromatic rings. The molecule has 0 spiro atoms. The van der Waals surface area contributed by atoms with Crippen molar-refractivity contribution in [1.29, 1.82) is 0 Å². The summed E-state index contributed by atoms with van der Waals surface area (Å²) in [4.78, 5) is 13.0. The highest BCUT2D eigenvalue weighted by atomic mass is 16.5. The molecule has 2 aromatic carbocycles. The summed E-state index contributed by atoms with van der Waals surface area (Å²) in [5.41, 5.74) is 3.01. The number of methoxy groups -OCH3 is 3. The quantitative estimate of drug-likeness (QED) is 0.856. The smallest absolute Gasteiger partial charge is 0.255 e. The molecule has 1 N–H and O–H groups in total. The first-order chi connectivity index (χ1) is 12.9. The first-order valence-corrected chi connectivity index (χ1v) is 9.11. The Kier molecular flexibility index (Phi) is 5.31. The molecular weight excluding hydrogens is 342 g/mol. The SMILES string of the molecule is COc1cc(OC)c(C(=O)NC2CCC(C)(C)c3ccccc32)cc1OC. The molecule has 0 saturated heterocycles. The summed E-state index contributed by atoms with van der Waals surface area (Å²) >= 11 is 0. The molecule has 1 unspecified atom stereocenters. The lowest BCUT2D eigenvalue weighted by atomic mass is 9.71. The van der Waals surface area contributed by atoms with E-state index in [9.17, 15) is 4.79 Å². The highest BCUT2D eigenvalue weighted by molar-refractivity contribution is 5.98. The number of carbonyl (C=O) groups is 1. The van der Waals surface area contributed by atoms with Crippen LogP contribution in [-0.2, 0) is 5.41 Å². The first-order valence-electron chi connectivity index (χ1n) is 9.11. The molecule has 0 aromatic heterocycles. The van der Waals surface area contributed by atoms with Crippen molar-refractivity contribution in [2.75, 3.05) is 21.3 Å². The first kappa shape index (κ1) is 19.1. The third-order valence-electron chi connectivity index (χ3n) is 5.38. The Bertz CT molecular complexity index is 844. The van der Waals surface area contributed by atoms with Crippen LogP contribution in [0.2, 0.25) is 0 Å². The molecule has 5 nitrogen and oxygen atoms in total. The zero-order chi connectivity index (χ0) is 19.6. The van der Waals surface area contributed by atoms with E-state index in [1.165, 1.54) is 18.2 Å². The highest BCUT2D eigenvalue weighted by Gasteiger charge is 2.33. The van der Waals surface area contributed by atoms with Gasteiger partial charge in [0.1, 0.15) is 5.75 Å². The van der Waals surface area contributed by atoms with E-state index < -0.39 is 0 Å². The standard InChI is InChI=1S/C22H27NO4/c1-22(2)11-10-17(14-8-6-7-9-16(14)22)23-21(24)15-12-19(26-4)20(27-5)13-18(15)25-3/h6-9,12-13,17H,10-11H2,1-5H3,(H,23,24). The summed E-state index contributed by atoms with van der Waals surface area (Å²) in [5, 5.41) is 3.18. The Hall–Kier alpha value is -2.69. The second kappa shape index (κ2) is 7.51. The van der Waals surface area contributed by atoms with Gasteiger partial charge in [0.25, 0.3) is 5.91 Å². The number of ether oxygens (including phenoxy) is 3. The van der Waals surface area contributed by atoms with Gasteiger partial charge in [-0.05, 0) is 29.4 Å². The summed E-state index contributed by atoms with van der Waals surface area (Å²) in [7, 11) is 4.64. The van der Waals surface area contributed by atoms with Crippen LogP contribution in [0.3, 0.4) is 0 Å². The van der Waals surface area contributed by atoms with Gasteiger partial charge in [0.05, 0.1) is 32.9 Å². The van der Waals surface area contributed by atoms with Crippen LogP contribution in [0.5, 0.6) is 17.2 Å². The molecule has 3 rings (SSSR count). The molecule has 27 heavy (non-hydrogen) atoms. The molecule has 1 aliphatic rings. The molecule has 144 valence electrons. The van der Waals surface area contributed by atoms with Gasteiger partial charge >= 0.3 is 0 Å². The van der Waals surface area contributed by atoms with Crippen molar-refractivity contribution in [1.82, 2.24) is 5.32 Å². The van der Waals surface area contributed by atoms with Crippen molar-refractivity contribution in [3.05, 3.63) is 53.1 Å². The van der Waals surface area contributed by atoms with E-state index in [2.05, 4.69) is 37.4 Å². The number of rotatable bonds is 5. The van der Waals surface area contributed by atoms with Crippen LogP contribution in [0, 0.1) is 0 Å². The number of nitrogens with one attached hydrogen (secondary N) is 1. The maximum absolute atomic E-state index is 13.0. The van der Waals surface area contributed by atoms with Crippen molar-refractivity contribution in [3.63, 3.8) is 0 Å². The average molecular weight is 369 g/mol. The Morgan fingerprint density at radius 3 is 2.30 bits per heavy atom. The maximum Gasteiger partial charge on any atom is 0.255 e. The van der Waals surface area contributed by atoms with E-state index in [1.54, 1.807) is 26.4 Å². The van der Waals surface area contributed by atoms with Gasteiger partial charge in [-0.25, -0.2) is 0 Å². The molecular formula is C22H27NO4. The van der Waals surface area contributed by atoms with Crippen molar-refractivity contribution in [2.45, 2.75) is 38.1 Å². The fourth-order valence-corrected chi connectivity index (χ4v) is 3.81. The van der Waals surface area contributed by atoms with Gasteiger partial charge in [-0.15, -0.1) is 0 Å². The number of fused-ring (bicyclic) bond motifs is 1. The lowest BCUT2D eigenvalue weighted by Crippen LogP contribution is -2.35. The zero-order valence-corrected chi connectivity index (χ0v) is 16.6. The third kappa shape index (κ3) is 3.59. The summed E-state index contributed by atoms with van der Waals surface area (Å²) in [6, 6.07) is 11.6. The highest BCUT2D eigenvalue weighted by Crippen LogP contribution is 2.42. The maximum atomic E-state index is 13.0. The minimum absolute atomic E-state index is 0.0282. The zero-order valence-electron chi connectivity index (χ0n) is 16.6. The van der Waals surface area contributed by atoms with Gasteiger partial charge in [0.2, 0.25) is 0 Å². The van der Waals surface area contributed by atoms with E-state index in [0.717, 1.165) is 12.8 Å². The predicted molar refractivity (Wildman–Crippen MR) is 105 cm³/mol. The Morgan fingerprint density at radius 1 is 1.00 bits per heavy atom. The summed E-state index contributed by atoms with van der Waals surface area (Å²) in [6.45, 7) is 4.50. The summed E-state index contributed by atoms with van der Waals surface area (Å²) in [5.74, 6) is 1.28. The molecule has 0 fully saturated rings. The van der Waals surface area contributed by atoms with Crippen LogP contribution in [0.15, 0.2) is 36.4 Å². The third-order valence-corrected chi connectivity index (χ3v) is 5.38. The van der Waals surface area contributed by atoms with Crippen LogP contribution < -0.4 is 19.5 Å². The lowest BCUT2D eigenvalue weighted by molar-refractivity contribution is 0.0926. The Labute approximate surface area is 160 Å². The van der Waals surface area contributed by atoms with Crippen LogP contribution in [-0.4, -0.2) is 27.2 Å². The molecule has 1 atom stereocenters. The van der Waals surface area contributed by atoms with Crippen molar-refractivity contribution in [3.8, 4) is 17.2 Å². The van der Waals surface area contributed by atoms with E-state index in [4.69, 9.17) is 14.2 Å². The minimum Gasteiger partial charge on any atom is -0.496 e. The number of benzene rings is 2. The van der Waals surface area contributed by atoms with Gasteiger partial charge < -0.3 is 19.5 Å². The number of amides is 1. The van der Waals surface area contributed by atoms with E-state index >= 15 is 0 Å². The Balaban J connectivity index is 1.92. The fraction of sp³-hybridized carbons (Fsp3) is 0.409. The molecule has 1 amide bonds. The molecule has 1 aliphatic carbocycles. The summed E-state index contributed by atoms with van der Waals surface area (Å²) < 4.78 is 16.0. The molecule has 0 aliphatic heterocycles. The number of hydrogen-bond donors (Lipinski definition) is 1. The monoisotopic (exact) mass is 369 g/mol. The van der Waals surface area contributed by atoms with E-state index in [1.807, 2.05) is 6.07 Å². The molecule has 0 bridgehead atoms. The van der Waals surface area contributed by atoms with Gasteiger partial charge in [0, 0.05) is 12.1 Å². The van der Waals surface area contributed by atoms with Crippen molar-refractivity contribution >= 4 is 5.91 Å². The van der Waals surface area contributed by atoms with E-state index in [-0.39, 0.29) is 17.4 Å². The van der Waals surface area contributed by atoms with Gasteiger partial charge in [-0.3, -0.25) is 4.79 Å². The summed E-state index contributed by atoms with van der Waals surface area (Å²) in [6.07, 6.45) is 1.91. The van der Waals surface area contributed by atoms with E-state index in [0.29, 0.717) is 22.8 Å². The number of hydrogen-bond acceptors (Lipinski definition) is 4. The van der Waals surface area contributed by atoms with Crippen LogP contribution in [0.25, 0.3) is 0 Å². The second-order valence-electron chi connectivity index (χ2n) is 7.44. The normalized spacial score (nSPS) is 17.6. The van der Waals surface area contributed by atoms with Crippen LogP contribution >= 0.6 is 0 Å². The van der Waals surface area contributed by atoms with Crippen molar-refractivity contribution in [2.24, 2.45) is 0 Å². The molecule has 0 heterocycles. The minimum atomic E-state index is -0.188. The lowest BCUT2D eigenvalue weighted by Gasteiger charge is -2.37. The predicted octanol–water partition coefficient (Wildman–Crippen LogP) is 4.25. The van der Waals surface area contributed by atoms with Crippen molar-refractivity contribution < 1.29 is 19.0 Å². The topological polar surface area (TPSA) is 56.8 Å². The van der Waals surface area contributed by atoms with Gasteiger partial charge in [-0.2, -0.15) is 0 Å². The molecule has 5 heteroatoms. The van der Waals surface area contributed by atoms with Crippen LogP contribution in [0.4, 0.5) is 0 Å². The fourth-order valence-electron chi connectivity index (χ4n) is 3.81. The Morgan fingerprint density at radius 2 is 1.63 bits per heavy atom. The number of carbonyl (C=O) groups excluding carboxylic acids is 1. The average Bonchev–Trinajstić information content (AvgIpc) is 2.69. The molecule has 0 radical (unpaired) electrons. The second-order valence-corrected chi connectivity index (χ2v) is 7.44. The van der Waals surface area contributed by atoms with Crippen LogP contribution in [0.1, 0.15) is 54.2 Å². The molecule has 0 saturated carbocycles. The largest absolute Gasteiger partial charge is 0.496 e. The van der Waals surface area contributed by atoms with Gasteiger partial charge in [0.15, 0.2) is 11.5 Å². The van der Waals surface area contributed by atoms with Gasteiger partial charge in [-0.1, -0.05) is 38.1 Å².